The molecule has 1 rings (SSSR count). The monoisotopic (exact) mass is 413 g/mol. The third-order valence-corrected chi connectivity index (χ3v) is 4.48. The number of carbonyl (C=O) groups is 3. The highest BCUT2D eigenvalue weighted by Crippen LogP contribution is 2.27. The van der Waals surface area contributed by atoms with Gasteiger partial charge >= 0.3 is 5.97 Å². The van der Waals surface area contributed by atoms with Gasteiger partial charge in [0.05, 0.1) is 33.0 Å². The number of rotatable bonds is 10. The second kappa shape index (κ2) is 11.5. The van der Waals surface area contributed by atoms with E-state index in [0.29, 0.717) is 22.9 Å². The lowest BCUT2D eigenvalue weighted by atomic mass is 9.99. The molecule has 0 spiro atoms. The molecule has 28 heavy (non-hydrogen) atoms. The van der Waals surface area contributed by atoms with Crippen LogP contribution in [0.15, 0.2) is 18.2 Å². The van der Waals surface area contributed by atoms with Gasteiger partial charge in [0.15, 0.2) is 0 Å². The zero-order valence-corrected chi connectivity index (χ0v) is 17.6. The van der Waals surface area contributed by atoms with Crippen molar-refractivity contribution in [2.75, 3.05) is 39.7 Å². The highest BCUT2D eigenvalue weighted by molar-refractivity contribution is 6.31. The molecule has 0 aliphatic rings. The minimum absolute atomic E-state index is 0.0324. The molecule has 0 fully saturated rings. The third-order valence-electron chi connectivity index (χ3n) is 4.25. The van der Waals surface area contributed by atoms with E-state index in [4.69, 9.17) is 21.1 Å². The van der Waals surface area contributed by atoms with Gasteiger partial charge in [-0.1, -0.05) is 31.9 Å². The highest BCUT2D eigenvalue weighted by atomic mass is 35.5. The molecule has 0 aromatic heterocycles. The van der Waals surface area contributed by atoms with E-state index >= 15 is 0 Å². The average molecular weight is 414 g/mol. The summed E-state index contributed by atoms with van der Waals surface area (Å²) in [6.07, 6.45) is 0.708. The van der Waals surface area contributed by atoms with E-state index in [0.717, 1.165) is 0 Å². The Morgan fingerprint density at radius 2 is 1.82 bits per heavy atom. The Hall–Kier alpha value is -2.32. The first-order valence-electron chi connectivity index (χ1n) is 8.90. The summed E-state index contributed by atoms with van der Waals surface area (Å²) >= 11 is 5.95. The predicted molar refractivity (Wildman–Crippen MR) is 108 cm³/mol. The molecule has 156 valence electrons. The third kappa shape index (κ3) is 7.36. The number of esters is 1. The summed E-state index contributed by atoms with van der Waals surface area (Å²) in [6, 6.07) is 4.16. The van der Waals surface area contributed by atoms with Gasteiger partial charge in [-0.15, -0.1) is 0 Å². The van der Waals surface area contributed by atoms with Crippen LogP contribution >= 0.6 is 11.6 Å². The number of carbonyl (C=O) groups excluding carboxylic acids is 3. The van der Waals surface area contributed by atoms with E-state index in [9.17, 15) is 14.4 Å². The number of nitrogens with one attached hydrogen (secondary N) is 2. The SMILES string of the molecule is CC[C@@H](C)[C@H](NC(=O)CN(C)CC(=O)Nc1cc(Cl)ccc1OC)C(=O)OC. The zero-order valence-electron chi connectivity index (χ0n) is 16.9. The number of hydrogen-bond donors (Lipinski definition) is 2. The summed E-state index contributed by atoms with van der Waals surface area (Å²) in [5.74, 6) is -0.780. The van der Waals surface area contributed by atoms with Gasteiger partial charge in [-0.2, -0.15) is 0 Å². The number of nitrogens with zero attached hydrogens (tertiary/aromatic N) is 1. The molecule has 1 aromatic rings. The lowest BCUT2D eigenvalue weighted by Gasteiger charge is -2.23. The van der Waals surface area contributed by atoms with Crippen LogP contribution in [0.5, 0.6) is 5.75 Å². The van der Waals surface area contributed by atoms with Crippen LogP contribution in [0, 0.1) is 5.92 Å². The molecule has 2 N–H and O–H groups in total. The first kappa shape index (κ1) is 23.7. The largest absolute Gasteiger partial charge is 0.495 e. The van der Waals surface area contributed by atoms with Crippen molar-refractivity contribution in [1.82, 2.24) is 10.2 Å². The molecule has 2 amide bonds. The van der Waals surface area contributed by atoms with E-state index in [1.54, 1.807) is 25.2 Å². The number of ether oxygens (including phenoxy) is 2. The van der Waals surface area contributed by atoms with Gasteiger partial charge in [-0.3, -0.25) is 14.5 Å². The minimum atomic E-state index is -0.722. The fraction of sp³-hybridized carbons (Fsp3) is 0.526. The molecule has 0 saturated carbocycles. The molecule has 0 aliphatic heterocycles. The first-order valence-corrected chi connectivity index (χ1v) is 9.28. The van der Waals surface area contributed by atoms with Gasteiger partial charge in [-0.25, -0.2) is 4.79 Å². The van der Waals surface area contributed by atoms with Crippen molar-refractivity contribution in [3.8, 4) is 5.75 Å². The van der Waals surface area contributed by atoms with Crippen LogP contribution in [0.4, 0.5) is 5.69 Å². The number of amides is 2. The van der Waals surface area contributed by atoms with E-state index in [1.165, 1.54) is 19.1 Å². The molecular formula is C19H28ClN3O5. The van der Waals surface area contributed by atoms with Crippen LogP contribution < -0.4 is 15.4 Å². The van der Waals surface area contributed by atoms with Crippen LogP contribution in [-0.4, -0.2) is 63.1 Å². The lowest BCUT2D eigenvalue weighted by Crippen LogP contribution is -2.49. The van der Waals surface area contributed by atoms with Gasteiger partial charge in [-0.05, 0) is 31.2 Å². The molecule has 0 saturated heterocycles. The number of anilines is 1. The normalized spacial score (nSPS) is 12.8. The molecule has 0 aliphatic carbocycles. The zero-order chi connectivity index (χ0) is 21.3. The van der Waals surface area contributed by atoms with Crippen LogP contribution in [-0.2, 0) is 19.1 Å². The topological polar surface area (TPSA) is 97.0 Å². The fourth-order valence-corrected chi connectivity index (χ4v) is 2.70. The Morgan fingerprint density at radius 3 is 2.39 bits per heavy atom. The molecule has 2 atom stereocenters. The van der Waals surface area contributed by atoms with Crippen LogP contribution in [0.3, 0.4) is 0 Å². The Bertz CT molecular complexity index is 698. The Balaban J connectivity index is 2.62. The van der Waals surface area contributed by atoms with Crippen molar-refractivity contribution < 1.29 is 23.9 Å². The molecule has 9 heteroatoms. The van der Waals surface area contributed by atoms with Gasteiger partial charge in [0.1, 0.15) is 11.8 Å². The molecule has 1 aromatic carbocycles. The van der Waals surface area contributed by atoms with E-state index in [2.05, 4.69) is 10.6 Å². The summed E-state index contributed by atoms with van der Waals surface area (Å²) in [6.45, 7) is 3.70. The van der Waals surface area contributed by atoms with Crippen molar-refractivity contribution in [3.05, 3.63) is 23.2 Å². The van der Waals surface area contributed by atoms with Gasteiger partial charge in [0.2, 0.25) is 11.8 Å². The number of likely N-dealkylation sites (N-methyl/N-ethyl adjacent to an activating group) is 1. The summed E-state index contributed by atoms with van der Waals surface area (Å²) in [5.41, 5.74) is 0.445. The number of benzene rings is 1. The van der Waals surface area contributed by atoms with Crippen molar-refractivity contribution in [2.45, 2.75) is 26.3 Å². The summed E-state index contributed by atoms with van der Waals surface area (Å²) in [7, 11) is 4.40. The Labute approximate surface area is 170 Å². The first-order chi connectivity index (χ1) is 13.2. The van der Waals surface area contributed by atoms with E-state index in [1.807, 2.05) is 13.8 Å². The summed E-state index contributed by atoms with van der Waals surface area (Å²) in [5, 5.41) is 5.84. The standard InChI is InChI=1S/C19H28ClN3O5/c1-6-12(2)18(19(26)28-5)22-17(25)11-23(3)10-16(24)21-14-9-13(20)7-8-15(14)27-4/h7-9,12,18H,6,10-11H2,1-5H3,(H,21,24)(H,22,25)/t12-,18+/m1/s1. The highest BCUT2D eigenvalue weighted by Gasteiger charge is 2.27. The molecule has 0 heterocycles. The molecule has 0 radical (unpaired) electrons. The van der Waals surface area contributed by atoms with E-state index < -0.39 is 12.0 Å². The van der Waals surface area contributed by atoms with Gasteiger partial charge in [0, 0.05) is 5.02 Å². The van der Waals surface area contributed by atoms with E-state index in [-0.39, 0.29) is 30.8 Å². The number of hydrogen-bond acceptors (Lipinski definition) is 6. The predicted octanol–water partition coefficient (Wildman–Crippen LogP) is 1.92. The Kier molecular flexibility index (Phi) is 9.75. The second-order valence-corrected chi connectivity index (χ2v) is 6.96. The lowest BCUT2D eigenvalue weighted by molar-refractivity contribution is -0.146. The quantitative estimate of drug-likeness (QED) is 0.569. The van der Waals surface area contributed by atoms with Crippen molar-refractivity contribution in [1.29, 1.82) is 0 Å². The van der Waals surface area contributed by atoms with Crippen LogP contribution in [0.1, 0.15) is 20.3 Å². The molecule has 0 unspecified atom stereocenters. The maximum atomic E-state index is 12.3. The van der Waals surface area contributed by atoms with Crippen LogP contribution in [0.2, 0.25) is 5.02 Å². The Morgan fingerprint density at radius 1 is 1.18 bits per heavy atom. The minimum Gasteiger partial charge on any atom is -0.495 e. The molecule has 0 bridgehead atoms. The smallest absolute Gasteiger partial charge is 0.328 e. The molecule has 8 nitrogen and oxygen atoms in total. The maximum Gasteiger partial charge on any atom is 0.328 e. The van der Waals surface area contributed by atoms with Crippen molar-refractivity contribution >= 4 is 35.1 Å². The average Bonchev–Trinajstić information content (AvgIpc) is 2.64. The van der Waals surface area contributed by atoms with Crippen LogP contribution in [0.25, 0.3) is 0 Å². The number of halogens is 1. The van der Waals surface area contributed by atoms with Gasteiger partial charge < -0.3 is 20.1 Å². The van der Waals surface area contributed by atoms with Crippen molar-refractivity contribution in [2.24, 2.45) is 5.92 Å². The molecular weight excluding hydrogens is 386 g/mol. The maximum absolute atomic E-state index is 12.3. The number of methoxy groups -OCH3 is 2. The fourth-order valence-electron chi connectivity index (χ4n) is 2.53. The second-order valence-electron chi connectivity index (χ2n) is 6.52. The summed E-state index contributed by atoms with van der Waals surface area (Å²) in [4.78, 5) is 37.9. The summed E-state index contributed by atoms with van der Waals surface area (Å²) < 4.78 is 9.94. The van der Waals surface area contributed by atoms with Crippen molar-refractivity contribution in [3.63, 3.8) is 0 Å². The van der Waals surface area contributed by atoms with Gasteiger partial charge in [0.25, 0.3) is 0 Å².